The number of nitrogens with zero attached hydrogens (tertiary/aromatic N) is 1. The minimum Gasteiger partial charge on any atom is -0.304 e. The van der Waals surface area contributed by atoms with Crippen molar-refractivity contribution in [2.45, 2.75) is 13.0 Å². The molecule has 94 valence electrons. The summed E-state index contributed by atoms with van der Waals surface area (Å²) < 4.78 is 0. The van der Waals surface area contributed by atoms with E-state index in [-0.39, 0.29) is 5.17 Å². The second kappa shape index (κ2) is 5.94. The van der Waals surface area contributed by atoms with Crippen LogP contribution in [0.25, 0.3) is 0 Å². The van der Waals surface area contributed by atoms with Crippen LogP contribution in [0, 0.1) is 10.8 Å². The first-order valence-corrected chi connectivity index (χ1v) is 6.31. The summed E-state index contributed by atoms with van der Waals surface area (Å²) in [6.45, 7) is 2.41. The highest BCUT2D eigenvalue weighted by Crippen LogP contribution is 2.16. The minimum atomic E-state index is 0.00580. The van der Waals surface area contributed by atoms with Crippen LogP contribution in [0.5, 0.6) is 0 Å². The van der Waals surface area contributed by atoms with Gasteiger partial charge in [-0.25, -0.2) is 0 Å². The monoisotopic (exact) mass is 261 g/mol. The first-order chi connectivity index (χ1) is 8.65. The number of likely N-dealkylation sites (tertiary alicyclic amines) is 1. The van der Waals surface area contributed by atoms with Crippen LogP contribution in [-0.4, -0.2) is 28.9 Å². The van der Waals surface area contributed by atoms with Crippen molar-refractivity contribution in [3.63, 3.8) is 0 Å². The van der Waals surface area contributed by atoms with Crippen molar-refractivity contribution in [2.75, 3.05) is 13.1 Å². The normalized spacial score (nSPS) is 19.2. The minimum absolute atomic E-state index is 0.00580. The molecule has 2 rings (SSSR count). The molecule has 0 spiro atoms. The zero-order valence-electron chi connectivity index (χ0n) is 10.1. The molecule has 0 bridgehead atoms. The average Bonchev–Trinajstić information content (AvgIpc) is 2.33. The lowest BCUT2D eigenvalue weighted by molar-refractivity contribution is 0.297. The van der Waals surface area contributed by atoms with Crippen LogP contribution < -0.4 is 0 Å². The summed E-state index contributed by atoms with van der Waals surface area (Å²) in [6.07, 6.45) is 2.38. The van der Waals surface area contributed by atoms with Gasteiger partial charge in [0.25, 0.3) is 0 Å². The molecule has 2 N–H and O–H groups in total. The highest BCUT2D eigenvalue weighted by Gasteiger charge is 2.18. The Balaban J connectivity index is 1.97. The quantitative estimate of drug-likeness (QED) is 0.808. The molecule has 0 unspecified atom stereocenters. The second-order valence-corrected chi connectivity index (χ2v) is 4.85. The van der Waals surface area contributed by atoms with Gasteiger partial charge in [0.1, 0.15) is 5.17 Å². The van der Waals surface area contributed by atoms with E-state index < -0.39 is 0 Å². The van der Waals surface area contributed by atoms with Crippen LogP contribution in [0.3, 0.4) is 0 Å². The molecule has 1 fully saturated rings. The Morgan fingerprint density at radius 2 is 2.06 bits per heavy atom. The van der Waals surface area contributed by atoms with E-state index in [9.17, 15) is 0 Å². The zero-order valence-corrected chi connectivity index (χ0v) is 10.9. The van der Waals surface area contributed by atoms with E-state index in [1.165, 1.54) is 5.56 Å². The van der Waals surface area contributed by atoms with Gasteiger partial charge in [0.15, 0.2) is 0 Å². The molecule has 3 nitrogen and oxygen atoms in total. The number of hydrogen-bond donors (Lipinski definition) is 2. The maximum Gasteiger partial charge on any atom is 0.121 e. The highest BCUT2D eigenvalue weighted by molar-refractivity contribution is 6.67. The fourth-order valence-corrected chi connectivity index (χ4v) is 2.25. The molecule has 1 saturated heterocycles. The van der Waals surface area contributed by atoms with Crippen molar-refractivity contribution in [1.29, 1.82) is 10.8 Å². The van der Waals surface area contributed by atoms with Gasteiger partial charge < -0.3 is 5.41 Å². The summed E-state index contributed by atoms with van der Waals surface area (Å²) in [5, 5.41) is 15.2. The van der Waals surface area contributed by atoms with E-state index in [2.05, 4.69) is 17.0 Å². The van der Waals surface area contributed by atoms with Crippen LogP contribution in [0.2, 0.25) is 0 Å². The standard InChI is InChI=1S/C14H16ClN3/c15-14(17)8-12-6-7-18(10-13(12)16)9-11-4-2-1-3-5-11/h1-5,8,16-17H,6-7,9-10H2/b12-8-,16-13?,17-14?. The summed E-state index contributed by atoms with van der Waals surface area (Å²) in [7, 11) is 0. The molecule has 0 aliphatic carbocycles. The van der Waals surface area contributed by atoms with Gasteiger partial charge >= 0.3 is 0 Å². The molecule has 0 radical (unpaired) electrons. The SMILES string of the molecule is N=C(Cl)/C=C1/CCN(Cc2ccccc2)CC1=N. The van der Waals surface area contributed by atoms with Crippen molar-refractivity contribution < 1.29 is 0 Å². The number of allylic oxidation sites excluding steroid dienone is 1. The molecule has 1 aromatic rings. The molecule has 4 heteroatoms. The molecule has 0 aromatic heterocycles. The van der Waals surface area contributed by atoms with Gasteiger partial charge in [-0.1, -0.05) is 41.9 Å². The van der Waals surface area contributed by atoms with E-state index in [1.807, 2.05) is 18.2 Å². The van der Waals surface area contributed by atoms with Crippen molar-refractivity contribution in [2.24, 2.45) is 0 Å². The van der Waals surface area contributed by atoms with Crippen molar-refractivity contribution >= 4 is 22.5 Å². The maximum absolute atomic E-state index is 7.97. The largest absolute Gasteiger partial charge is 0.304 e. The van der Waals surface area contributed by atoms with Gasteiger partial charge in [-0.3, -0.25) is 10.3 Å². The van der Waals surface area contributed by atoms with Crippen LogP contribution in [-0.2, 0) is 6.54 Å². The van der Waals surface area contributed by atoms with Crippen LogP contribution in [0.15, 0.2) is 42.0 Å². The maximum atomic E-state index is 7.97. The van der Waals surface area contributed by atoms with Crippen molar-refractivity contribution in [3.05, 3.63) is 47.5 Å². The number of benzene rings is 1. The number of hydrogen-bond acceptors (Lipinski definition) is 3. The Morgan fingerprint density at radius 1 is 1.33 bits per heavy atom. The van der Waals surface area contributed by atoms with E-state index in [0.717, 1.165) is 25.1 Å². The van der Waals surface area contributed by atoms with Gasteiger partial charge in [0, 0.05) is 25.3 Å². The molecule has 18 heavy (non-hydrogen) atoms. The van der Waals surface area contributed by atoms with Gasteiger partial charge in [-0.2, -0.15) is 0 Å². The van der Waals surface area contributed by atoms with Crippen LogP contribution in [0.4, 0.5) is 0 Å². The molecule has 1 aliphatic heterocycles. The summed E-state index contributed by atoms with van der Waals surface area (Å²) in [4.78, 5) is 2.24. The van der Waals surface area contributed by atoms with Crippen molar-refractivity contribution in [3.8, 4) is 0 Å². The molecule has 0 atom stereocenters. The Bertz CT molecular complexity index is 479. The second-order valence-electron chi connectivity index (χ2n) is 4.44. The van der Waals surface area contributed by atoms with Crippen LogP contribution in [0.1, 0.15) is 12.0 Å². The summed E-state index contributed by atoms with van der Waals surface area (Å²) >= 11 is 5.54. The van der Waals surface area contributed by atoms with Crippen LogP contribution >= 0.6 is 11.6 Å². The lowest BCUT2D eigenvalue weighted by atomic mass is 10.0. The van der Waals surface area contributed by atoms with Gasteiger partial charge in [0.05, 0.1) is 0 Å². The van der Waals surface area contributed by atoms with E-state index in [0.29, 0.717) is 12.3 Å². The predicted molar refractivity (Wildman–Crippen MR) is 75.7 cm³/mol. The molecule has 1 heterocycles. The highest BCUT2D eigenvalue weighted by atomic mass is 35.5. The Kier molecular flexibility index (Phi) is 4.28. The first kappa shape index (κ1) is 13.0. The van der Waals surface area contributed by atoms with E-state index in [4.69, 9.17) is 22.4 Å². The third kappa shape index (κ3) is 3.52. The lowest BCUT2D eigenvalue weighted by Gasteiger charge is -2.28. The molecular weight excluding hydrogens is 246 g/mol. The Hall–Kier alpha value is -1.45. The summed E-state index contributed by atoms with van der Waals surface area (Å²) in [6, 6.07) is 10.3. The number of halogens is 1. The third-order valence-corrected chi connectivity index (χ3v) is 3.13. The fraction of sp³-hybridized carbons (Fsp3) is 0.286. The lowest BCUT2D eigenvalue weighted by Crippen LogP contribution is -2.36. The molecule has 1 aliphatic rings. The average molecular weight is 262 g/mol. The molecule has 0 saturated carbocycles. The summed E-state index contributed by atoms with van der Waals surface area (Å²) in [5.74, 6) is 0. The fourth-order valence-electron chi connectivity index (χ4n) is 2.12. The van der Waals surface area contributed by atoms with Gasteiger partial charge in [0.2, 0.25) is 0 Å². The zero-order chi connectivity index (χ0) is 13.0. The van der Waals surface area contributed by atoms with Gasteiger partial charge in [-0.15, -0.1) is 0 Å². The van der Waals surface area contributed by atoms with Gasteiger partial charge in [-0.05, 0) is 23.6 Å². The number of piperidine rings is 1. The van der Waals surface area contributed by atoms with E-state index >= 15 is 0 Å². The van der Waals surface area contributed by atoms with Crippen molar-refractivity contribution in [1.82, 2.24) is 4.90 Å². The molecule has 1 aromatic carbocycles. The van der Waals surface area contributed by atoms with E-state index in [1.54, 1.807) is 6.08 Å². The summed E-state index contributed by atoms with van der Waals surface area (Å²) in [5.41, 5.74) is 2.73. The Morgan fingerprint density at radius 3 is 2.67 bits per heavy atom. The molecule has 0 amide bonds. The number of nitrogens with one attached hydrogen (secondary N) is 2. The Labute approximate surface area is 112 Å². The first-order valence-electron chi connectivity index (χ1n) is 5.94. The smallest absolute Gasteiger partial charge is 0.121 e. The third-order valence-electron chi connectivity index (χ3n) is 3.02. The topological polar surface area (TPSA) is 50.9 Å². The number of rotatable bonds is 3. The molecular formula is C14H16ClN3. The predicted octanol–water partition coefficient (Wildman–Crippen LogP) is 3.05.